The second-order valence-corrected chi connectivity index (χ2v) is 10.2. The maximum atomic E-state index is 13.7. The minimum atomic E-state index is -1.80. The number of fused-ring (bicyclic) bond motifs is 1. The zero-order valence-electron chi connectivity index (χ0n) is 22.1. The normalized spacial score (nSPS) is 33.5. The Bertz CT molecular complexity index is 1520. The van der Waals surface area contributed by atoms with E-state index in [9.17, 15) is 50.8 Å². The minimum Gasteiger partial charge on any atom is -0.508 e. The second-order valence-electron chi connectivity index (χ2n) is 10.2. The molecule has 0 radical (unpaired) electrons. The van der Waals surface area contributed by atoms with Crippen LogP contribution in [-0.4, -0.2) is 107 Å². The molecule has 10 atom stereocenters. The van der Waals surface area contributed by atoms with Crippen molar-refractivity contribution in [2.75, 3.05) is 0 Å². The van der Waals surface area contributed by atoms with Gasteiger partial charge in [-0.2, -0.15) is 0 Å². The number of aromatic hydroxyl groups is 4. The van der Waals surface area contributed by atoms with Gasteiger partial charge in [0.1, 0.15) is 53.0 Å². The van der Waals surface area contributed by atoms with Crippen LogP contribution in [0.4, 0.5) is 0 Å². The van der Waals surface area contributed by atoms with Crippen molar-refractivity contribution >= 4 is 11.0 Å². The smallest absolute Gasteiger partial charge is 0.239 e. The van der Waals surface area contributed by atoms with Gasteiger partial charge in [-0.15, -0.1) is 0 Å². The van der Waals surface area contributed by atoms with Crippen molar-refractivity contribution in [2.24, 2.45) is 0 Å². The minimum absolute atomic E-state index is 0.000938. The first-order chi connectivity index (χ1) is 19.8. The molecule has 3 aromatic rings. The third-order valence-corrected chi connectivity index (χ3v) is 7.27. The number of hydrogen-bond acceptors (Lipinski definition) is 15. The Morgan fingerprint density at radius 1 is 0.714 bits per heavy atom. The molecule has 2 fully saturated rings. The molecule has 228 valence electrons. The van der Waals surface area contributed by atoms with Crippen molar-refractivity contribution < 1.29 is 69.3 Å². The van der Waals surface area contributed by atoms with E-state index in [-0.39, 0.29) is 16.9 Å². The molecule has 2 aliphatic rings. The molecule has 2 aromatic carbocycles. The van der Waals surface area contributed by atoms with Crippen molar-refractivity contribution in [1.82, 2.24) is 0 Å². The number of phenolic OH excluding ortho intramolecular Hbond substituents is 4. The van der Waals surface area contributed by atoms with Gasteiger partial charge in [0, 0.05) is 17.7 Å². The predicted octanol–water partition coefficient (Wildman–Crippen LogP) is -0.660. The number of benzene rings is 2. The Kier molecular flexibility index (Phi) is 7.95. The molecule has 1 aromatic heterocycles. The predicted molar refractivity (Wildman–Crippen MR) is 139 cm³/mol. The first-order valence-electron chi connectivity index (χ1n) is 12.9. The maximum absolute atomic E-state index is 13.7. The monoisotopic (exact) mass is 594 g/mol. The highest BCUT2D eigenvalue weighted by Gasteiger charge is 2.50. The van der Waals surface area contributed by atoms with Gasteiger partial charge in [-0.25, -0.2) is 0 Å². The van der Waals surface area contributed by atoms with Gasteiger partial charge in [-0.05, 0) is 32.0 Å². The summed E-state index contributed by atoms with van der Waals surface area (Å²) in [6.07, 6.45) is -15.4. The van der Waals surface area contributed by atoms with Crippen molar-refractivity contribution in [3.63, 3.8) is 0 Å². The summed E-state index contributed by atoms with van der Waals surface area (Å²) in [6.45, 7) is 2.80. The molecule has 3 heterocycles. The van der Waals surface area contributed by atoms with Gasteiger partial charge in [0.2, 0.25) is 17.5 Å². The molecular weight excluding hydrogens is 564 g/mol. The average Bonchev–Trinajstić information content (AvgIpc) is 2.93. The lowest BCUT2D eigenvalue weighted by molar-refractivity contribution is -0.352. The van der Waals surface area contributed by atoms with Crippen molar-refractivity contribution in [3.05, 3.63) is 40.6 Å². The summed E-state index contributed by atoms with van der Waals surface area (Å²) in [7, 11) is 0. The van der Waals surface area contributed by atoms with E-state index in [1.54, 1.807) is 0 Å². The van der Waals surface area contributed by atoms with Crippen LogP contribution in [0.5, 0.6) is 28.7 Å². The Balaban J connectivity index is 1.61. The van der Waals surface area contributed by atoms with Gasteiger partial charge < -0.3 is 69.3 Å². The number of aliphatic hydroxyl groups is 5. The molecule has 9 N–H and O–H groups in total. The Morgan fingerprint density at radius 3 is 2.02 bits per heavy atom. The standard InChI is InChI=1S/C27H30O15/c1-8-17(32)20(35)22(37)26(38-8)42-25-21(36)18(33)9(2)39-27(25)41-24-19(34)16-14(31)6-11(28)7-15(16)40-23(24)10-3-4-12(29)13(30)5-10/h3-9,17-18,20-22,25-33,35-37H,1-2H3/t8?,9?,17-,18-,20?,21?,22-,25-,26-,27-/m0/s1. The first-order valence-corrected chi connectivity index (χ1v) is 12.9. The molecule has 2 saturated heterocycles. The summed E-state index contributed by atoms with van der Waals surface area (Å²) in [4.78, 5) is 13.7. The third kappa shape index (κ3) is 5.21. The SMILES string of the molecule is CC1O[C@@H](O[C@H]2C(O)[C@@H](O)C(C)O[C@H]2Oc2c(-c3ccc(O)c(O)c3)oc3cc(O)cc(O)c3c2=O)[C@@H](O)C(O)[C@H]1O. The van der Waals surface area contributed by atoms with Crippen molar-refractivity contribution in [3.8, 4) is 40.1 Å². The second kappa shape index (κ2) is 11.2. The summed E-state index contributed by atoms with van der Waals surface area (Å²) in [5.74, 6) is -3.15. The molecule has 15 heteroatoms. The van der Waals surface area contributed by atoms with Crippen LogP contribution < -0.4 is 10.2 Å². The molecule has 0 saturated carbocycles. The molecule has 0 spiro atoms. The van der Waals surface area contributed by atoms with Crippen LogP contribution in [0.25, 0.3) is 22.3 Å². The molecule has 5 rings (SSSR count). The van der Waals surface area contributed by atoms with E-state index in [4.69, 9.17) is 23.4 Å². The van der Waals surface area contributed by atoms with Crippen LogP contribution in [0.15, 0.2) is 39.5 Å². The molecule has 0 bridgehead atoms. The van der Waals surface area contributed by atoms with Crippen molar-refractivity contribution in [2.45, 2.75) is 75.3 Å². The van der Waals surface area contributed by atoms with Crippen LogP contribution in [0.2, 0.25) is 0 Å². The number of phenols is 4. The molecule has 2 aliphatic heterocycles. The van der Waals surface area contributed by atoms with Gasteiger partial charge in [-0.3, -0.25) is 4.79 Å². The summed E-state index contributed by atoms with van der Waals surface area (Å²) >= 11 is 0. The van der Waals surface area contributed by atoms with Gasteiger partial charge in [0.25, 0.3) is 0 Å². The van der Waals surface area contributed by atoms with E-state index in [2.05, 4.69) is 0 Å². The highest BCUT2D eigenvalue weighted by molar-refractivity contribution is 5.88. The highest BCUT2D eigenvalue weighted by atomic mass is 16.8. The summed E-state index contributed by atoms with van der Waals surface area (Å²) in [5, 5.41) is 91.9. The van der Waals surface area contributed by atoms with Crippen LogP contribution in [0.1, 0.15) is 13.8 Å². The summed E-state index contributed by atoms with van der Waals surface area (Å²) < 4.78 is 28.6. The van der Waals surface area contributed by atoms with E-state index in [1.165, 1.54) is 19.9 Å². The van der Waals surface area contributed by atoms with E-state index in [1.807, 2.05) is 0 Å². The number of rotatable bonds is 5. The topological polar surface area (TPSA) is 249 Å². The number of aliphatic hydroxyl groups excluding tert-OH is 5. The third-order valence-electron chi connectivity index (χ3n) is 7.27. The fraction of sp³-hybridized carbons (Fsp3) is 0.444. The lowest BCUT2D eigenvalue weighted by Crippen LogP contribution is -2.63. The number of hydrogen-bond donors (Lipinski definition) is 9. The fourth-order valence-electron chi connectivity index (χ4n) is 4.87. The van der Waals surface area contributed by atoms with Crippen LogP contribution in [0, 0.1) is 0 Å². The molecule has 0 aliphatic carbocycles. The number of ether oxygens (including phenoxy) is 4. The fourth-order valence-corrected chi connectivity index (χ4v) is 4.87. The zero-order valence-corrected chi connectivity index (χ0v) is 22.1. The summed E-state index contributed by atoms with van der Waals surface area (Å²) in [5.41, 5.74) is -1.25. The Hall–Kier alpha value is -3.67. The van der Waals surface area contributed by atoms with Crippen LogP contribution in [0.3, 0.4) is 0 Å². The molecular formula is C27H30O15. The van der Waals surface area contributed by atoms with Crippen LogP contribution >= 0.6 is 0 Å². The van der Waals surface area contributed by atoms with E-state index >= 15 is 0 Å². The Morgan fingerprint density at radius 2 is 1.36 bits per heavy atom. The molecule has 42 heavy (non-hydrogen) atoms. The first kappa shape index (κ1) is 29.8. The van der Waals surface area contributed by atoms with E-state index < -0.39 is 101 Å². The molecule has 0 amide bonds. The zero-order chi connectivity index (χ0) is 30.6. The summed E-state index contributed by atoms with van der Waals surface area (Å²) in [6, 6.07) is 5.37. The maximum Gasteiger partial charge on any atom is 0.239 e. The van der Waals surface area contributed by atoms with E-state index in [0.717, 1.165) is 24.3 Å². The molecule has 4 unspecified atom stereocenters. The van der Waals surface area contributed by atoms with Crippen molar-refractivity contribution in [1.29, 1.82) is 0 Å². The lowest BCUT2D eigenvalue weighted by Gasteiger charge is -2.45. The van der Waals surface area contributed by atoms with Gasteiger partial charge in [-0.1, -0.05) is 0 Å². The molecule has 15 nitrogen and oxygen atoms in total. The largest absolute Gasteiger partial charge is 0.508 e. The lowest BCUT2D eigenvalue weighted by atomic mass is 9.98. The van der Waals surface area contributed by atoms with Gasteiger partial charge in [0.15, 0.2) is 29.7 Å². The van der Waals surface area contributed by atoms with Crippen LogP contribution in [-0.2, 0) is 14.2 Å². The van der Waals surface area contributed by atoms with Gasteiger partial charge >= 0.3 is 0 Å². The highest BCUT2D eigenvalue weighted by Crippen LogP contribution is 2.40. The quantitative estimate of drug-likeness (QED) is 0.166. The van der Waals surface area contributed by atoms with E-state index in [0.29, 0.717) is 0 Å². The van der Waals surface area contributed by atoms with Gasteiger partial charge in [0.05, 0.1) is 12.2 Å². The Labute approximate surface area is 236 Å². The average molecular weight is 595 g/mol.